The summed E-state index contributed by atoms with van der Waals surface area (Å²) in [6.07, 6.45) is 4.10. The lowest BCUT2D eigenvalue weighted by atomic mass is 10.0. The molecule has 0 saturated heterocycles. The van der Waals surface area contributed by atoms with E-state index in [1.54, 1.807) is 49.6 Å². The van der Waals surface area contributed by atoms with Crippen LogP contribution in [0.1, 0.15) is 54.1 Å². The predicted octanol–water partition coefficient (Wildman–Crippen LogP) is 3.82. The van der Waals surface area contributed by atoms with Crippen molar-refractivity contribution in [2.75, 3.05) is 13.7 Å². The molecule has 7 nitrogen and oxygen atoms in total. The molecule has 0 unspecified atom stereocenters. The average molecular weight is 431 g/mol. The number of hydrogen-bond acceptors (Lipinski definition) is 5. The number of fused-ring (bicyclic) bond motifs is 1. The topological polar surface area (TPSA) is 104 Å². The van der Waals surface area contributed by atoms with Gasteiger partial charge in [0.05, 0.1) is 12.8 Å². The molecule has 2 aromatic carbocycles. The molecule has 0 saturated carbocycles. The summed E-state index contributed by atoms with van der Waals surface area (Å²) in [5.74, 6) is 0.149. The van der Waals surface area contributed by atoms with Crippen LogP contribution in [0.3, 0.4) is 0 Å². The van der Waals surface area contributed by atoms with Gasteiger partial charge in [0.1, 0.15) is 23.2 Å². The van der Waals surface area contributed by atoms with E-state index in [0.29, 0.717) is 34.8 Å². The summed E-state index contributed by atoms with van der Waals surface area (Å²) in [7, 11) is 1.56. The molecule has 2 amide bonds. The summed E-state index contributed by atoms with van der Waals surface area (Å²) in [4.78, 5) is 29.8. The Bertz CT molecular complexity index is 1090. The van der Waals surface area contributed by atoms with Gasteiger partial charge in [-0.1, -0.05) is 50.5 Å². The van der Waals surface area contributed by atoms with Crippen molar-refractivity contribution in [3.63, 3.8) is 0 Å². The fraction of sp³-hybridized carbons (Fsp3) is 0.280. The highest BCUT2D eigenvalue weighted by molar-refractivity contribution is 6.20. The number of unbranched alkanes of at least 4 members (excludes halogenated alkanes) is 3. The summed E-state index contributed by atoms with van der Waals surface area (Å²) in [6.45, 7) is 2.63. The molecular weight excluding hydrogens is 404 g/mol. The van der Waals surface area contributed by atoms with Crippen molar-refractivity contribution >= 4 is 23.3 Å². The van der Waals surface area contributed by atoms with Gasteiger partial charge in [0.2, 0.25) is 0 Å². The molecule has 0 spiro atoms. The zero-order valence-corrected chi connectivity index (χ0v) is 18.3. The van der Waals surface area contributed by atoms with Crippen LogP contribution in [0, 0.1) is 11.3 Å². The molecule has 1 aliphatic rings. The fourth-order valence-electron chi connectivity index (χ4n) is 3.39. The highest BCUT2D eigenvalue weighted by Gasteiger charge is 2.27. The normalized spacial score (nSPS) is 13.5. The summed E-state index contributed by atoms with van der Waals surface area (Å²) >= 11 is 0. The van der Waals surface area contributed by atoms with E-state index in [2.05, 4.69) is 22.5 Å². The van der Waals surface area contributed by atoms with Crippen LogP contribution < -0.4 is 15.4 Å². The maximum Gasteiger partial charge on any atom is 0.264 e. The molecule has 3 rings (SSSR count). The van der Waals surface area contributed by atoms with Crippen LogP contribution in [-0.2, 0) is 4.79 Å². The second-order valence-corrected chi connectivity index (χ2v) is 7.34. The molecular formula is C25H26N4O3. The van der Waals surface area contributed by atoms with Gasteiger partial charge < -0.3 is 15.4 Å². The average Bonchev–Trinajstić information content (AvgIpc) is 3.17. The van der Waals surface area contributed by atoms with E-state index in [0.717, 1.165) is 25.7 Å². The van der Waals surface area contributed by atoms with Crippen molar-refractivity contribution in [3.8, 4) is 11.8 Å². The molecule has 1 aliphatic heterocycles. The zero-order chi connectivity index (χ0) is 22.9. The third-order valence-electron chi connectivity index (χ3n) is 5.14. The Labute approximate surface area is 187 Å². The molecule has 2 N–H and O–H groups in total. The highest BCUT2D eigenvalue weighted by atomic mass is 16.5. The zero-order valence-electron chi connectivity index (χ0n) is 18.3. The molecule has 7 heteroatoms. The lowest BCUT2D eigenvalue weighted by Gasteiger charge is -2.07. The highest BCUT2D eigenvalue weighted by Crippen LogP contribution is 2.30. The second-order valence-electron chi connectivity index (χ2n) is 7.34. The van der Waals surface area contributed by atoms with Crippen LogP contribution >= 0.6 is 0 Å². The Morgan fingerprint density at radius 1 is 1.03 bits per heavy atom. The summed E-state index contributed by atoms with van der Waals surface area (Å²) in [5.41, 5.74) is 1.93. The van der Waals surface area contributed by atoms with Crippen LogP contribution in [-0.4, -0.2) is 31.3 Å². The van der Waals surface area contributed by atoms with Crippen LogP contribution in [0.2, 0.25) is 0 Å². The number of aliphatic imine (C=N–C) groups is 1. The molecule has 2 aromatic rings. The predicted molar refractivity (Wildman–Crippen MR) is 123 cm³/mol. The third-order valence-corrected chi connectivity index (χ3v) is 5.14. The van der Waals surface area contributed by atoms with Crippen molar-refractivity contribution in [3.05, 3.63) is 70.8 Å². The molecule has 0 fully saturated rings. The fourth-order valence-corrected chi connectivity index (χ4v) is 3.39. The van der Waals surface area contributed by atoms with Gasteiger partial charge in [0.15, 0.2) is 0 Å². The molecule has 0 atom stereocenters. The van der Waals surface area contributed by atoms with Gasteiger partial charge >= 0.3 is 0 Å². The van der Waals surface area contributed by atoms with Crippen molar-refractivity contribution in [1.82, 2.24) is 10.6 Å². The van der Waals surface area contributed by atoms with Crippen molar-refractivity contribution in [2.24, 2.45) is 4.99 Å². The van der Waals surface area contributed by atoms with E-state index in [9.17, 15) is 14.9 Å². The van der Waals surface area contributed by atoms with Crippen LogP contribution in [0.5, 0.6) is 5.75 Å². The van der Waals surface area contributed by atoms with Crippen LogP contribution in [0.25, 0.3) is 5.70 Å². The lowest BCUT2D eigenvalue weighted by molar-refractivity contribution is -0.117. The van der Waals surface area contributed by atoms with Crippen molar-refractivity contribution in [2.45, 2.75) is 32.6 Å². The molecule has 0 aliphatic carbocycles. The molecule has 32 heavy (non-hydrogen) atoms. The molecule has 0 bridgehead atoms. The number of rotatable bonds is 8. The number of hydrogen-bond donors (Lipinski definition) is 2. The van der Waals surface area contributed by atoms with E-state index < -0.39 is 5.91 Å². The minimum absolute atomic E-state index is 0.0679. The number of carbonyl (C=O) groups is 2. The molecule has 1 heterocycles. The second kappa shape index (κ2) is 10.9. The SMILES string of the molecule is CCCCCCNC(=O)/C(C#N)=C1\N=C(NC(=O)c2ccc(OC)cc2)c2ccccc21. The monoisotopic (exact) mass is 430 g/mol. The number of nitrogens with zero attached hydrogens (tertiary/aromatic N) is 2. The number of ether oxygens (including phenoxy) is 1. The number of methoxy groups -OCH3 is 1. The summed E-state index contributed by atoms with van der Waals surface area (Å²) in [6, 6.07) is 15.9. The number of carbonyl (C=O) groups excluding carboxylic acids is 2. The molecule has 0 aromatic heterocycles. The first kappa shape index (κ1) is 22.8. The Kier molecular flexibility index (Phi) is 7.76. The largest absolute Gasteiger partial charge is 0.497 e. The Morgan fingerprint density at radius 2 is 1.75 bits per heavy atom. The van der Waals surface area contributed by atoms with Crippen LogP contribution in [0.15, 0.2) is 59.1 Å². The van der Waals surface area contributed by atoms with Crippen molar-refractivity contribution in [1.29, 1.82) is 5.26 Å². The number of nitrogens with one attached hydrogen (secondary N) is 2. The standard InChI is InChI=1S/C25H26N4O3/c1-3-4-5-8-15-27-25(31)21(16-26)22-19-9-6-7-10-20(19)23(28-22)29-24(30)17-11-13-18(32-2)14-12-17/h6-7,9-14H,3-5,8,15H2,1-2H3,(H,27,31)(H,28,29,30)/b22-21-. The van der Waals surface area contributed by atoms with Gasteiger partial charge in [-0.15, -0.1) is 0 Å². The summed E-state index contributed by atoms with van der Waals surface area (Å²) < 4.78 is 5.12. The van der Waals surface area contributed by atoms with Gasteiger partial charge in [-0.05, 0) is 30.7 Å². The van der Waals surface area contributed by atoms with Gasteiger partial charge in [-0.25, -0.2) is 4.99 Å². The van der Waals surface area contributed by atoms with E-state index in [1.807, 2.05) is 12.1 Å². The van der Waals surface area contributed by atoms with Crippen LogP contribution in [0.4, 0.5) is 0 Å². The first-order chi connectivity index (χ1) is 15.6. The lowest BCUT2D eigenvalue weighted by Crippen LogP contribution is -2.30. The van der Waals surface area contributed by atoms with E-state index in [4.69, 9.17) is 4.74 Å². The van der Waals surface area contributed by atoms with Gasteiger partial charge in [-0.3, -0.25) is 9.59 Å². The molecule has 0 radical (unpaired) electrons. The maximum atomic E-state index is 12.7. The maximum absolute atomic E-state index is 12.7. The number of amides is 2. The van der Waals surface area contributed by atoms with E-state index in [-0.39, 0.29) is 17.2 Å². The Hall–Kier alpha value is -3.92. The first-order valence-corrected chi connectivity index (χ1v) is 10.7. The molecule has 164 valence electrons. The van der Waals surface area contributed by atoms with Gasteiger partial charge in [0, 0.05) is 23.2 Å². The summed E-state index contributed by atoms with van der Waals surface area (Å²) in [5, 5.41) is 15.3. The number of nitriles is 1. The van der Waals surface area contributed by atoms with Gasteiger partial charge in [0.25, 0.3) is 11.8 Å². The smallest absolute Gasteiger partial charge is 0.264 e. The van der Waals surface area contributed by atoms with E-state index in [1.165, 1.54) is 0 Å². The first-order valence-electron chi connectivity index (χ1n) is 10.7. The van der Waals surface area contributed by atoms with Crippen molar-refractivity contribution < 1.29 is 14.3 Å². The third kappa shape index (κ3) is 5.22. The van der Waals surface area contributed by atoms with Gasteiger partial charge in [-0.2, -0.15) is 5.26 Å². The minimum atomic E-state index is -0.458. The quantitative estimate of drug-likeness (QED) is 0.377. The Balaban J connectivity index is 1.83. The number of amidine groups is 1. The Morgan fingerprint density at radius 3 is 2.41 bits per heavy atom. The minimum Gasteiger partial charge on any atom is -0.497 e. The van der Waals surface area contributed by atoms with E-state index >= 15 is 0 Å². The number of benzene rings is 2.